The first-order valence-electron chi connectivity index (χ1n) is 8.10. The fraction of sp³-hybridized carbons (Fsp3) is 0.294. The predicted molar refractivity (Wildman–Crippen MR) is 90.3 cm³/mol. The van der Waals surface area contributed by atoms with Crippen molar-refractivity contribution in [2.75, 3.05) is 11.9 Å². The van der Waals surface area contributed by atoms with Gasteiger partial charge >= 0.3 is 12.0 Å². The maximum Gasteiger partial charge on any atom is 0.340 e. The molecule has 1 saturated carbocycles. The van der Waals surface area contributed by atoms with Gasteiger partial charge in [0.05, 0.1) is 18.4 Å². The zero-order valence-corrected chi connectivity index (χ0v) is 13.9. The van der Waals surface area contributed by atoms with Crippen molar-refractivity contribution >= 4 is 23.7 Å². The summed E-state index contributed by atoms with van der Waals surface area (Å²) in [6.45, 7) is -0.437. The van der Waals surface area contributed by atoms with Crippen LogP contribution < -0.4 is 16.0 Å². The molecular formula is C17H18N4O5. The molecule has 2 heterocycles. The Hall–Kier alpha value is -3.36. The van der Waals surface area contributed by atoms with Crippen molar-refractivity contribution in [1.82, 2.24) is 15.6 Å². The number of nitrogens with zero attached hydrogens (tertiary/aromatic N) is 1. The highest BCUT2D eigenvalue weighted by atomic mass is 16.5. The normalized spacial score (nSPS) is 12.9. The first kappa shape index (κ1) is 17.5. The van der Waals surface area contributed by atoms with E-state index in [-0.39, 0.29) is 12.1 Å². The SMILES string of the molecule is O=C(COC(=O)c1ccc(NC2CC2)nc1)NC(=O)NCc1ccco1. The largest absolute Gasteiger partial charge is 0.467 e. The number of ether oxygens (including phenoxy) is 1. The molecule has 1 fully saturated rings. The fourth-order valence-electron chi connectivity index (χ4n) is 2.04. The molecule has 0 saturated heterocycles. The first-order valence-corrected chi connectivity index (χ1v) is 8.10. The number of aromatic nitrogens is 1. The summed E-state index contributed by atoms with van der Waals surface area (Å²) in [7, 11) is 0. The summed E-state index contributed by atoms with van der Waals surface area (Å²) in [6, 6.07) is 6.36. The summed E-state index contributed by atoms with van der Waals surface area (Å²) in [6.07, 6.45) is 5.09. The van der Waals surface area contributed by atoms with Crippen molar-refractivity contribution in [2.45, 2.75) is 25.4 Å². The van der Waals surface area contributed by atoms with E-state index in [1.807, 2.05) is 0 Å². The Morgan fingerprint density at radius 3 is 2.73 bits per heavy atom. The minimum absolute atomic E-state index is 0.138. The fourth-order valence-corrected chi connectivity index (χ4v) is 2.04. The number of anilines is 1. The van der Waals surface area contributed by atoms with Gasteiger partial charge in [-0.2, -0.15) is 0 Å². The van der Waals surface area contributed by atoms with E-state index in [0.717, 1.165) is 12.8 Å². The van der Waals surface area contributed by atoms with Gasteiger partial charge in [0.2, 0.25) is 0 Å². The van der Waals surface area contributed by atoms with Crippen LogP contribution in [0.4, 0.5) is 10.6 Å². The molecule has 3 rings (SSSR count). The number of carbonyl (C=O) groups excluding carboxylic acids is 3. The van der Waals surface area contributed by atoms with E-state index >= 15 is 0 Å². The van der Waals surface area contributed by atoms with Gasteiger partial charge in [-0.15, -0.1) is 0 Å². The lowest BCUT2D eigenvalue weighted by molar-refractivity contribution is -0.123. The van der Waals surface area contributed by atoms with Crippen LogP contribution in [-0.2, 0) is 16.1 Å². The molecule has 0 aliphatic heterocycles. The molecule has 1 aliphatic rings. The lowest BCUT2D eigenvalue weighted by Gasteiger charge is -2.07. The van der Waals surface area contributed by atoms with E-state index < -0.39 is 24.5 Å². The lowest BCUT2D eigenvalue weighted by Crippen LogP contribution is -2.41. The number of furan rings is 1. The molecule has 2 aromatic heterocycles. The molecule has 0 radical (unpaired) electrons. The van der Waals surface area contributed by atoms with Crippen molar-refractivity contribution in [3.8, 4) is 0 Å². The standard InChI is InChI=1S/C17H18N4O5/c22-15(21-17(24)19-9-13-2-1-7-25-13)10-26-16(23)11-3-6-14(18-8-11)20-12-4-5-12/h1-3,6-8,12H,4-5,9-10H2,(H,18,20)(H2,19,21,22,24). The van der Waals surface area contributed by atoms with E-state index in [1.165, 1.54) is 12.5 Å². The van der Waals surface area contributed by atoms with Crippen molar-refractivity contribution in [2.24, 2.45) is 0 Å². The molecule has 26 heavy (non-hydrogen) atoms. The molecule has 2 aromatic rings. The number of urea groups is 1. The van der Waals surface area contributed by atoms with Crippen LogP contribution in [0, 0.1) is 0 Å². The third-order valence-corrected chi connectivity index (χ3v) is 3.52. The molecule has 1 aliphatic carbocycles. The molecule has 3 N–H and O–H groups in total. The van der Waals surface area contributed by atoms with Gasteiger partial charge in [0.15, 0.2) is 6.61 Å². The molecule has 3 amide bonds. The zero-order valence-electron chi connectivity index (χ0n) is 13.9. The van der Waals surface area contributed by atoms with E-state index in [2.05, 4.69) is 20.9 Å². The summed E-state index contributed by atoms with van der Waals surface area (Å²) in [5.74, 6) is -0.196. The maximum absolute atomic E-state index is 11.9. The van der Waals surface area contributed by atoms with Crippen LogP contribution in [0.15, 0.2) is 41.1 Å². The molecule has 0 aromatic carbocycles. The monoisotopic (exact) mass is 358 g/mol. The number of hydrogen-bond acceptors (Lipinski definition) is 7. The highest BCUT2D eigenvalue weighted by Gasteiger charge is 2.21. The van der Waals surface area contributed by atoms with Crippen LogP contribution in [0.2, 0.25) is 0 Å². The number of pyridine rings is 1. The van der Waals surface area contributed by atoms with Gasteiger partial charge in [0, 0.05) is 12.2 Å². The third kappa shape index (κ3) is 5.33. The maximum atomic E-state index is 11.9. The van der Waals surface area contributed by atoms with Crippen LogP contribution in [0.3, 0.4) is 0 Å². The lowest BCUT2D eigenvalue weighted by atomic mass is 10.3. The van der Waals surface area contributed by atoms with Crippen molar-refractivity contribution < 1.29 is 23.5 Å². The molecule has 0 atom stereocenters. The first-order chi connectivity index (χ1) is 12.6. The molecule has 9 heteroatoms. The number of esters is 1. The number of rotatable bonds is 7. The van der Waals surface area contributed by atoms with Crippen molar-refractivity contribution in [1.29, 1.82) is 0 Å². The highest BCUT2D eigenvalue weighted by molar-refractivity contribution is 5.96. The average Bonchev–Trinajstić information content (AvgIpc) is 3.29. The van der Waals surface area contributed by atoms with E-state index in [0.29, 0.717) is 17.6 Å². The predicted octanol–water partition coefficient (Wildman–Crippen LogP) is 1.43. The number of carbonyl (C=O) groups is 3. The second-order valence-electron chi connectivity index (χ2n) is 5.74. The van der Waals surface area contributed by atoms with Gasteiger partial charge in [-0.25, -0.2) is 14.6 Å². The summed E-state index contributed by atoms with van der Waals surface area (Å²) < 4.78 is 9.91. The Balaban J connectivity index is 1.37. The molecule has 0 unspecified atom stereocenters. The van der Waals surface area contributed by atoms with Gasteiger partial charge in [-0.1, -0.05) is 0 Å². The van der Waals surface area contributed by atoms with Crippen LogP contribution in [0.25, 0.3) is 0 Å². The second-order valence-corrected chi connectivity index (χ2v) is 5.74. The topological polar surface area (TPSA) is 123 Å². The van der Waals surface area contributed by atoms with Crippen molar-refractivity contribution in [3.05, 3.63) is 48.0 Å². The van der Waals surface area contributed by atoms with E-state index in [9.17, 15) is 14.4 Å². The Morgan fingerprint density at radius 2 is 2.08 bits per heavy atom. The number of amides is 3. The molecule has 0 spiro atoms. The summed E-state index contributed by atoms with van der Waals surface area (Å²) in [4.78, 5) is 39.2. The van der Waals surface area contributed by atoms with E-state index in [1.54, 1.807) is 24.3 Å². The Bertz CT molecular complexity index is 769. The summed E-state index contributed by atoms with van der Waals surface area (Å²) in [5.41, 5.74) is 0.224. The van der Waals surface area contributed by atoms with Gasteiger partial charge in [0.25, 0.3) is 5.91 Å². The summed E-state index contributed by atoms with van der Waals surface area (Å²) >= 11 is 0. The molecule has 9 nitrogen and oxygen atoms in total. The van der Waals surface area contributed by atoms with Gasteiger partial charge in [0.1, 0.15) is 11.6 Å². The van der Waals surface area contributed by atoms with Gasteiger partial charge in [-0.3, -0.25) is 10.1 Å². The third-order valence-electron chi connectivity index (χ3n) is 3.52. The highest BCUT2D eigenvalue weighted by Crippen LogP contribution is 2.23. The van der Waals surface area contributed by atoms with Crippen molar-refractivity contribution in [3.63, 3.8) is 0 Å². The van der Waals surface area contributed by atoms with Crippen LogP contribution >= 0.6 is 0 Å². The molecular weight excluding hydrogens is 340 g/mol. The quantitative estimate of drug-likeness (QED) is 0.640. The minimum Gasteiger partial charge on any atom is -0.467 e. The van der Waals surface area contributed by atoms with Crippen LogP contribution in [0.1, 0.15) is 29.0 Å². The number of hydrogen-bond donors (Lipinski definition) is 3. The number of nitrogens with one attached hydrogen (secondary N) is 3. The Morgan fingerprint density at radius 1 is 1.23 bits per heavy atom. The summed E-state index contributed by atoms with van der Waals surface area (Å²) in [5, 5.41) is 7.69. The number of imide groups is 1. The smallest absolute Gasteiger partial charge is 0.340 e. The van der Waals surface area contributed by atoms with Gasteiger partial charge < -0.3 is 19.8 Å². The van der Waals surface area contributed by atoms with E-state index in [4.69, 9.17) is 9.15 Å². The van der Waals surface area contributed by atoms with Crippen LogP contribution in [-0.4, -0.2) is 35.5 Å². The Kier molecular flexibility index (Phi) is 5.47. The van der Waals surface area contributed by atoms with Gasteiger partial charge in [-0.05, 0) is 37.1 Å². The average molecular weight is 358 g/mol. The minimum atomic E-state index is -0.740. The molecule has 136 valence electrons. The van der Waals surface area contributed by atoms with Crippen LogP contribution in [0.5, 0.6) is 0 Å². The second kappa shape index (κ2) is 8.15. The Labute approximate surface area is 149 Å². The molecule has 0 bridgehead atoms. The zero-order chi connectivity index (χ0) is 18.4.